The van der Waals surface area contributed by atoms with Crippen LogP contribution in [0.1, 0.15) is 15.9 Å². The largest absolute Gasteiger partial charge is 0.361 e. The molecule has 4 nitrogen and oxygen atoms in total. The fourth-order valence-electron chi connectivity index (χ4n) is 2.44. The molecular weight excluding hydrogens is 262 g/mol. The molecular formula is C17H17N3O. The number of rotatable bonds is 4. The minimum atomic E-state index is 0.0252. The maximum atomic E-state index is 12.3. The monoisotopic (exact) mass is 279 g/mol. The highest BCUT2D eigenvalue weighted by Crippen LogP contribution is 2.18. The van der Waals surface area contributed by atoms with Gasteiger partial charge in [0.2, 0.25) is 0 Å². The van der Waals surface area contributed by atoms with E-state index in [1.165, 1.54) is 10.9 Å². The maximum absolute atomic E-state index is 12.3. The quantitative estimate of drug-likeness (QED) is 0.798. The summed E-state index contributed by atoms with van der Waals surface area (Å²) in [7, 11) is 1.83. The second-order valence-corrected chi connectivity index (χ2v) is 5.07. The Hall–Kier alpha value is -2.62. The first-order chi connectivity index (χ1) is 10.3. The standard InChI is InChI=1S/C17H17N3O/c1-20(17(21)13-6-9-18-10-7-13)11-8-14-12-19-16-5-3-2-4-15(14)16/h2-7,9-10,12,19H,8,11H2,1H3. The van der Waals surface area contributed by atoms with Gasteiger partial charge in [0.25, 0.3) is 5.91 Å². The molecule has 0 radical (unpaired) electrons. The molecule has 3 rings (SSSR count). The van der Waals surface area contributed by atoms with E-state index < -0.39 is 0 Å². The minimum absolute atomic E-state index is 0.0252. The normalized spacial score (nSPS) is 10.7. The zero-order chi connectivity index (χ0) is 14.7. The van der Waals surface area contributed by atoms with Crippen LogP contribution in [0.3, 0.4) is 0 Å². The van der Waals surface area contributed by atoms with Crippen molar-refractivity contribution in [2.24, 2.45) is 0 Å². The van der Waals surface area contributed by atoms with E-state index in [-0.39, 0.29) is 5.91 Å². The molecule has 0 atom stereocenters. The first kappa shape index (κ1) is 13.4. The Labute approximate surface area is 123 Å². The van der Waals surface area contributed by atoms with Gasteiger partial charge in [-0.1, -0.05) is 18.2 Å². The summed E-state index contributed by atoms with van der Waals surface area (Å²) in [6.45, 7) is 0.684. The Morgan fingerprint density at radius 1 is 1.19 bits per heavy atom. The van der Waals surface area contributed by atoms with Crippen molar-refractivity contribution >= 4 is 16.8 Å². The third kappa shape index (κ3) is 2.79. The molecule has 0 unspecified atom stereocenters. The van der Waals surface area contributed by atoms with Crippen molar-refractivity contribution in [2.75, 3.05) is 13.6 Å². The molecule has 2 aromatic heterocycles. The SMILES string of the molecule is CN(CCc1c[nH]c2ccccc12)C(=O)c1ccncc1. The number of amides is 1. The molecule has 1 N–H and O–H groups in total. The van der Waals surface area contributed by atoms with Gasteiger partial charge in [-0.3, -0.25) is 9.78 Å². The third-order valence-electron chi connectivity index (χ3n) is 3.67. The lowest BCUT2D eigenvalue weighted by Crippen LogP contribution is -2.28. The van der Waals surface area contributed by atoms with Crippen molar-refractivity contribution in [1.29, 1.82) is 0 Å². The molecule has 0 aliphatic heterocycles. The molecule has 0 aliphatic carbocycles. The topological polar surface area (TPSA) is 49.0 Å². The van der Waals surface area contributed by atoms with E-state index in [4.69, 9.17) is 0 Å². The van der Waals surface area contributed by atoms with Crippen molar-refractivity contribution in [3.05, 3.63) is 66.1 Å². The number of likely N-dealkylation sites (N-methyl/N-ethyl adjacent to an activating group) is 1. The van der Waals surface area contributed by atoms with Crippen molar-refractivity contribution in [3.63, 3.8) is 0 Å². The number of nitrogens with one attached hydrogen (secondary N) is 1. The molecule has 1 aromatic carbocycles. The summed E-state index contributed by atoms with van der Waals surface area (Å²) >= 11 is 0. The minimum Gasteiger partial charge on any atom is -0.361 e. The fourth-order valence-corrected chi connectivity index (χ4v) is 2.44. The second-order valence-electron chi connectivity index (χ2n) is 5.07. The van der Waals surface area contributed by atoms with Crippen LogP contribution in [0.15, 0.2) is 55.0 Å². The van der Waals surface area contributed by atoms with Crippen LogP contribution in [0.5, 0.6) is 0 Å². The van der Waals surface area contributed by atoms with Crippen LogP contribution in [0, 0.1) is 0 Å². The highest BCUT2D eigenvalue weighted by atomic mass is 16.2. The third-order valence-corrected chi connectivity index (χ3v) is 3.67. The average molecular weight is 279 g/mol. The Morgan fingerprint density at radius 2 is 1.95 bits per heavy atom. The summed E-state index contributed by atoms with van der Waals surface area (Å²) in [4.78, 5) is 21.2. The van der Waals surface area contributed by atoms with Crippen molar-refractivity contribution in [3.8, 4) is 0 Å². The van der Waals surface area contributed by atoms with Gasteiger partial charge in [-0.2, -0.15) is 0 Å². The summed E-state index contributed by atoms with van der Waals surface area (Å²) in [6.07, 6.45) is 6.13. The zero-order valence-electron chi connectivity index (χ0n) is 11.9. The van der Waals surface area contributed by atoms with Crippen LogP contribution < -0.4 is 0 Å². The van der Waals surface area contributed by atoms with Gasteiger partial charge in [0.15, 0.2) is 0 Å². The molecule has 0 aliphatic rings. The number of fused-ring (bicyclic) bond motifs is 1. The Bertz CT molecular complexity index is 749. The summed E-state index contributed by atoms with van der Waals surface area (Å²) in [5.74, 6) is 0.0252. The van der Waals surface area contributed by atoms with Gasteiger partial charge in [-0.25, -0.2) is 0 Å². The zero-order valence-corrected chi connectivity index (χ0v) is 11.9. The van der Waals surface area contributed by atoms with Crippen molar-refractivity contribution < 1.29 is 4.79 Å². The molecule has 0 saturated carbocycles. The molecule has 4 heteroatoms. The van der Waals surface area contributed by atoms with Crippen LogP contribution in [0.4, 0.5) is 0 Å². The maximum Gasteiger partial charge on any atom is 0.253 e. The molecule has 0 spiro atoms. The first-order valence-corrected chi connectivity index (χ1v) is 6.96. The summed E-state index contributed by atoms with van der Waals surface area (Å²) < 4.78 is 0. The van der Waals surface area contributed by atoms with E-state index >= 15 is 0 Å². The van der Waals surface area contributed by atoms with Gasteiger partial charge in [-0.05, 0) is 30.2 Å². The van der Waals surface area contributed by atoms with Gasteiger partial charge in [0.1, 0.15) is 0 Å². The number of aromatic amines is 1. The van der Waals surface area contributed by atoms with Crippen LogP contribution in [0.25, 0.3) is 10.9 Å². The molecule has 0 saturated heterocycles. The number of benzene rings is 1. The van der Waals surface area contributed by atoms with Gasteiger partial charge in [0.05, 0.1) is 0 Å². The van der Waals surface area contributed by atoms with E-state index in [2.05, 4.69) is 22.1 Å². The number of hydrogen-bond acceptors (Lipinski definition) is 2. The van der Waals surface area contributed by atoms with Crippen LogP contribution in [-0.2, 0) is 6.42 Å². The Morgan fingerprint density at radius 3 is 2.76 bits per heavy atom. The molecule has 1 amide bonds. The number of nitrogens with zero attached hydrogens (tertiary/aromatic N) is 2. The van der Waals surface area contributed by atoms with E-state index in [1.54, 1.807) is 29.4 Å². The van der Waals surface area contributed by atoms with Crippen molar-refractivity contribution in [1.82, 2.24) is 14.9 Å². The van der Waals surface area contributed by atoms with Gasteiger partial charge in [0, 0.05) is 48.6 Å². The van der Waals surface area contributed by atoms with E-state index in [9.17, 15) is 4.79 Å². The number of para-hydroxylation sites is 1. The Kier molecular flexibility index (Phi) is 3.69. The lowest BCUT2D eigenvalue weighted by molar-refractivity contribution is 0.0796. The van der Waals surface area contributed by atoms with Gasteiger partial charge in [-0.15, -0.1) is 0 Å². The van der Waals surface area contributed by atoms with E-state index in [0.717, 1.165) is 11.9 Å². The number of pyridine rings is 1. The second kappa shape index (κ2) is 5.79. The van der Waals surface area contributed by atoms with Crippen molar-refractivity contribution in [2.45, 2.75) is 6.42 Å². The fraction of sp³-hybridized carbons (Fsp3) is 0.176. The Balaban J connectivity index is 1.69. The number of H-pyrrole nitrogens is 1. The first-order valence-electron chi connectivity index (χ1n) is 6.96. The lowest BCUT2D eigenvalue weighted by Gasteiger charge is -2.16. The molecule has 3 aromatic rings. The van der Waals surface area contributed by atoms with Crippen LogP contribution in [0.2, 0.25) is 0 Å². The molecule has 21 heavy (non-hydrogen) atoms. The summed E-state index contributed by atoms with van der Waals surface area (Å²) in [5.41, 5.74) is 3.04. The van der Waals surface area contributed by atoms with E-state index in [1.807, 2.05) is 25.4 Å². The highest BCUT2D eigenvalue weighted by molar-refractivity contribution is 5.93. The molecule has 0 bridgehead atoms. The average Bonchev–Trinajstić information content (AvgIpc) is 2.96. The van der Waals surface area contributed by atoms with Crippen LogP contribution in [-0.4, -0.2) is 34.4 Å². The number of carbonyl (C=O) groups excluding carboxylic acids is 1. The molecule has 106 valence electrons. The number of aromatic nitrogens is 2. The number of hydrogen-bond donors (Lipinski definition) is 1. The lowest BCUT2D eigenvalue weighted by atomic mass is 10.1. The summed E-state index contributed by atoms with van der Waals surface area (Å²) in [6, 6.07) is 11.7. The van der Waals surface area contributed by atoms with Gasteiger partial charge >= 0.3 is 0 Å². The predicted molar refractivity (Wildman–Crippen MR) is 83.2 cm³/mol. The van der Waals surface area contributed by atoms with Gasteiger partial charge < -0.3 is 9.88 Å². The van der Waals surface area contributed by atoms with Crippen LogP contribution >= 0.6 is 0 Å². The number of carbonyl (C=O) groups is 1. The van der Waals surface area contributed by atoms with E-state index in [0.29, 0.717) is 12.1 Å². The predicted octanol–water partition coefficient (Wildman–Crippen LogP) is 2.88. The summed E-state index contributed by atoms with van der Waals surface area (Å²) in [5, 5.41) is 1.22. The molecule has 0 fully saturated rings. The molecule has 2 heterocycles. The smallest absolute Gasteiger partial charge is 0.253 e. The highest BCUT2D eigenvalue weighted by Gasteiger charge is 2.12.